The van der Waals surface area contributed by atoms with Gasteiger partial charge in [0.1, 0.15) is 0 Å². The van der Waals surface area contributed by atoms with Crippen molar-refractivity contribution in [1.29, 1.82) is 0 Å². The maximum atomic E-state index is 12.8. The molecule has 0 fully saturated rings. The van der Waals surface area contributed by atoms with Gasteiger partial charge in [0.25, 0.3) is 5.56 Å². The lowest BCUT2D eigenvalue weighted by molar-refractivity contribution is 0.0765. The molecular weight excluding hydrogens is 274 g/mol. The molecule has 22 heavy (non-hydrogen) atoms. The minimum Gasteiger partial charge on any atom is -0.386 e. The van der Waals surface area contributed by atoms with E-state index in [9.17, 15) is 9.90 Å². The van der Waals surface area contributed by atoms with Crippen LogP contribution in [0, 0.1) is 5.92 Å². The van der Waals surface area contributed by atoms with Crippen molar-refractivity contribution in [2.75, 3.05) is 0 Å². The molecule has 2 aromatic rings. The molecule has 0 saturated carbocycles. The minimum absolute atomic E-state index is 0.102. The first-order valence-electron chi connectivity index (χ1n) is 7.83. The summed E-state index contributed by atoms with van der Waals surface area (Å²) in [6.07, 6.45) is 0.926. The first-order valence-corrected chi connectivity index (χ1v) is 7.83. The van der Waals surface area contributed by atoms with Crippen LogP contribution in [0.1, 0.15) is 39.7 Å². The highest BCUT2D eigenvalue weighted by molar-refractivity contribution is 5.59. The van der Waals surface area contributed by atoms with Crippen molar-refractivity contribution in [3.8, 4) is 11.3 Å². The fourth-order valence-electron chi connectivity index (χ4n) is 2.51. The summed E-state index contributed by atoms with van der Waals surface area (Å²) in [7, 11) is 0. The van der Waals surface area contributed by atoms with E-state index in [1.165, 1.54) is 0 Å². The van der Waals surface area contributed by atoms with E-state index in [0.29, 0.717) is 18.0 Å². The largest absolute Gasteiger partial charge is 0.386 e. The van der Waals surface area contributed by atoms with Crippen molar-refractivity contribution < 1.29 is 5.11 Å². The maximum Gasteiger partial charge on any atom is 0.257 e. The van der Waals surface area contributed by atoms with E-state index >= 15 is 0 Å². The van der Waals surface area contributed by atoms with Crippen LogP contribution in [-0.2, 0) is 12.1 Å². The van der Waals surface area contributed by atoms with E-state index < -0.39 is 5.60 Å². The molecule has 1 N–H and O–H groups in total. The predicted octanol–water partition coefficient (Wildman–Crippen LogP) is 3.79. The SMILES string of the molecule is CC(C)CCn1c(-c2ccccc2)ccc(C(C)(C)O)c1=O. The third-order valence-electron chi connectivity index (χ3n) is 3.83. The summed E-state index contributed by atoms with van der Waals surface area (Å²) in [5.41, 5.74) is 1.13. The van der Waals surface area contributed by atoms with Gasteiger partial charge >= 0.3 is 0 Å². The standard InChI is InChI=1S/C19H25NO2/c1-14(2)12-13-20-17(15-8-6-5-7-9-15)11-10-16(18(20)21)19(3,4)22/h5-11,14,22H,12-13H2,1-4H3. The van der Waals surface area contributed by atoms with Crippen molar-refractivity contribution >= 4 is 0 Å². The molecule has 0 aliphatic carbocycles. The number of hydrogen-bond acceptors (Lipinski definition) is 2. The summed E-state index contributed by atoms with van der Waals surface area (Å²) in [4.78, 5) is 12.8. The summed E-state index contributed by atoms with van der Waals surface area (Å²) in [6, 6.07) is 13.6. The number of hydrogen-bond donors (Lipinski definition) is 1. The lowest BCUT2D eigenvalue weighted by Crippen LogP contribution is -2.32. The van der Waals surface area contributed by atoms with Gasteiger partial charge in [0.05, 0.1) is 11.3 Å². The lowest BCUT2D eigenvalue weighted by Gasteiger charge is -2.21. The van der Waals surface area contributed by atoms with Crippen LogP contribution >= 0.6 is 0 Å². The molecule has 0 bridgehead atoms. The monoisotopic (exact) mass is 299 g/mol. The van der Waals surface area contributed by atoms with E-state index in [-0.39, 0.29) is 5.56 Å². The van der Waals surface area contributed by atoms with Crippen LogP contribution < -0.4 is 5.56 Å². The molecule has 1 aromatic carbocycles. The number of aromatic nitrogens is 1. The summed E-state index contributed by atoms with van der Waals surface area (Å²) in [6.45, 7) is 8.25. The molecule has 2 rings (SSSR count). The van der Waals surface area contributed by atoms with Crippen LogP contribution in [-0.4, -0.2) is 9.67 Å². The summed E-state index contributed by atoms with van der Waals surface area (Å²) in [5, 5.41) is 10.2. The van der Waals surface area contributed by atoms with Crippen molar-refractivity contribution in [1.82, 2.24) is 4.57 Å². The van der Waals surface area contributed by atoms with Crippen LogP contribution in [0.3, 0.4) is 0 Å². The van der Waals surface area contributed by atoms with Gasteiger partial charge in [-0.3, -0.25) is 4.79 Å². The molecule has 3 heteroatoms. The van der Waals surface area contributed by atoms with Gasteiger partial charge in [-0.25, -0.2) is 0 Å². The molecule has 0 radical (unpaired) electrons. The number of nitrogens with zero attached hydrogens (tertiary/aromatic N) is 1. The van der Waals surface area contributed by atoms with Gasteiger partial charge in [-0.2, -0.15) is 0 Å². The molecule has 118 valence electrons. The normalized spacial score (nSPS) is 11.9. The van der Waals surface area contributed by atoms with Crippen molar-refractivity contribution in [3.63, 3.8) is 0 Å². The third kappa shape index (κ3) is 3.66. The van der Waals surface area contributed by atoms with Gasteiger partial charge in [-0.1, -0.05) is 44.2 Å². The van der Waals surface area contributed by atoms with Crippen molar-refractivity contribution in [2.45, 2.75) is 46.3 Å². The molecule has 0 saturated heterocycles. The molecule has 0 atom stereocenters. The zero-order chi connectivity index (χ0) is 16.3. The number of rotatable bonds is 5. The third-order valence-corrected chi connectivity index (χ3v) is 3.83. The highest BCUT2D eigenvalue weighted by Gasteiger charge is 2.22. The van der Waals surface area contributed by atoms with E-state index in [1.807, 2.05) is 36.4 Å². The quantitative estimate of drug-likeness (QED) is 0.912. The first kappa shape index (κ1) is 16.5. The molecule has 0 spiro atoms. The Kier molecular flexibility index (Phi) is 4.87. The predicted molar refractivity (Wildman–Crippen MR) is 90.8 cm³/mol. The molecule has 0 unspecified atom stereocenters. The molecule has 1 heterocycles. The number of pyridine rings is 1. The highest BCUT2D eigenvalue weighted by atomic mass is 16.3. The van der Waals surface area contributed by atoms with Gasteiger partial charge in [0.15, 0.2) is 0 Å². The zero-order valence-electron chi connectivity index (χ0n) is 13.8. The van der Waals surface area contributed by atoms with Crippen LogP contribution in [0.25, 0.3) is 11.3 Å². The second-order valence-electron chi connectivity index (χ2n) is 6.70. The summed E-state index contributed by atoms with van der Waals surface area (Å²) < 4.78 is 1.79. The molecular formula is C19H25NO2. The molecule has 0 aliphatic heterocycles. The van der Waals surface area contributed by atoms with Gasteiger partial charge in [0, 0.05) is 12.1 Å². The van der Waals surface area contributed by atoms with E-state index in [1.54, 1.807) is 24.5 Å². The smallest absolute Gasteiger partial charge is 0.257 e. The molecule has 0 amide bonds. The molecule has 0 aliphatic rings. The number of benzene rings is 1. The Morgan fingerprint density at radius 3 is 2.27 bits per heavy atom. The average molecular weight is 299 g/mol. The van der Waals surface area contributed by atoms with E-state index in [2.05, 4.69) is 13.8 Å². The maximum absolute atomic E-state index is 12.8. The second-order valence-corrected chi connectivity index (χ2v) is 6.70. The van der Waals surface area contributed by atoms with Gasteiger partial charge < -0.3 is 9.67 Å². The van der Waals surface area contributed by atoms with Crippen LogP contribution in [0.5, 0.6) is 0 Å². The van der Waals surface area contributed by atoms with E-state index in [0.717, 1.165) is 17.7 Å². The topological polar surface area (TPSA) is 42.2 Å². The lowest BCUT2D eigenvalue weighted by atomic mass is 9.98. The van der Waals surface area contributed by atoms with Crippen LogP contribution in [0.2, 0.25) is 0 Å². The average Bonchev–Trinajstić information content (AvgIpc) is 2.45. The van der Waals surface area contributed by atoms with Crippen LogP contribution in [0.4, 0.5) is 0 Å². The van der Waals surface area contributed by atoms with Crippen LogP contribution in [0.15, 0.2) is 47.3 Å². The fraction of sp³-hybridized carbons (Fsp3) is 0.421. The molecule has 1 aromatic heterocycles. The Balaban J connectivity index is 2.59. The second kappa shape index (κ2) is 6.49. The zero-order valence-corrected chi connectivity index (χ0v) is 13.8. The summed E-state index contributed by atoms with van der Waals surface area (Å²) >= 11 is 0. The minimum atomic E-state index is -1.13. The Morgan fingerprint density at radius 2 is 1.73 bits per heavy atom. The highest BCUT2D eigenvalue weighted by Crippen LogP contribution is 2.22. The van der Waals surface area contributed by atoms with Crippen molar-refractivity contribution in [3.05, 3.63) is 58.4 Å². The van der Waals surface area contributed by atoms with Gasteiger partial charge in [-0.05, 0) is 43.9 Å². The Labute approximate surface area is 132 Å². The van der Waals surface area contributed by atoms with Gasteiger partial charge in [0.2, 0.25) is 0 Å². The molecule has 3 nitrogen and oxygen atoms in total. The number of aliphatic hydroxyl groups is 1. The Bertz CT molecular complexity index is 679. The first-order chi connectivity index (χ1) is 10.3. The Morgan fingerprint density at radius 1 is 1.09 bits per heavy atom. The van der Waals surface area contributed by atoms with Gasteiger partial charge in [-0.15, -0.1) is 0 Å². The Hall–Kier alpha value is -1.87. The van der Waals surface area contributed by atoms with Crippen molar-refractivity contribution in [2.24, 2.45) is 5.92 Å². The van der Waals surface area contributed by atoms with E-state index in [4.69, 9.17) is 0 Å². The fourth-order valence-corrected chi connectivity index (χ4v) is 2.51. The summed E-state index contributed by atoms with van der Waals surface area (Å²) in [5.74, 6) is 0.515.